The van der Waals surface area contributed by atoms with E-state index in [1.165, 1.54) is 11.3 Å². The number of rotatable bonds is 5. The quantitative estimate of drug-likeness (QED) is 0.851. The third kappa shape index (κ3) is 2.91. The average molecular weight is 230 g/mol. The van der Waals surface area contributed by atoms with Gasteiger partial charge in [0.25, 0.3) is 0 Å². The first-order chi connectivity index (χ1) is 8.31. The number of nitrogens with zero attached hydrogens (tertiary/aromatic N) is 3. The molecule has 90 valence electrons. The standard InChI is InChI=1S/C13H18N4/c1-3-14-7-12-8-15-10-17(12)9-13-11(2)5-4-6-16-13/h4-6,8,10,14H,3,7,9H2,1-2H3. The van der Waals surface area contributed by atoms with E-state index in [0.29, 0.717) is 0 Å². The van der Waals surface area contributed by atoms with Crippen LogP contribution in [0.15, 0.2) is 30.9 Å². The van der Waals surface area contributed by atoms with Crippen molar-refractivity contribution in [1.29, 1.82) is 0 Å². The van der Waals surface area contributed by atoms with Crippen molar-refractivity contribution in [3.05, 3.63) is 47.8 Å². The van der Waals surface area contributed by atoms with Gasteiger partial charge in [-0.25, -0.2) is 4.98 Å². The molecule has 4 nitrogen and oxygen atoms in total. The minimum absolute atomic E-state index is 0.785. The van der Waals surface area contributed by atoms with Crippen LogP contribution in [0.1, 0.15) is 23.9 Å². The highest BCUT2D eigenvalue weighted by Crippen LogP contribution is 2.08. The van der Waals surface area contributed by atoms with Crippen molar-refractivity contribution in [1.82, 2.24) is 19.9 Å². The molecule has 0 fully saturated rings. The van der Waals surface area contributed by atoms with Crippen LogP contribution in [-0.2, 0) is 13.1 Å². The second-order valence-electron chi connectivity index (χ2n) is 4.06. The molecule has 0 aliphatic rings. The monoisotopic (exact) mass is 230 g/mol. The summed E-state index contributed by atoms with van der Waals surface area (Å²) < 4.78 is 2.14. The number of hydrogen-bond donors (Lipinski definition) is 1. The van der Waals surface area contributed by atoms with Crippen LogP contribution >= 0.6 is 0 Å². The van der Waals surface area contributed by atoms with Gasteiger partial charge in [-0.05, 0) is 25.1 Å². The summed E-state index contributed by atoms with van der Waals surface area (Å²) in [7, 11) is 0. The molecule has 0 aliphatic heterocycles. The Balaban J connectivity index is 2.13. The number of aryl methyl sites for hydroxylation is 1. The fourth-order valence-electron chi connectivity index (χ4n) is 1.74. The molecule has 0 aliphatic carbocycles. The number of imidazole rings is 1. The SMILES string of the molecule is CCNCc1cncn1Cc1ncccc1C. The molecule has 2 aromatic rings. The number of hydrogen-bond acceptors (Lipinski definition) is 3. The minimum atomic E-state index is 0.785. The van der Waals surface area contributed by atoms with Crippen molar-refractivity contribution >= 4 is 0 Å². The van der Waals surface area contributed by atoms with E-state index in [2.05, 4.69) is 39.8 Å². The maximum atomic E-state index is 4.41. The van der Waals surface area contributed by atoms with Crippen molar-refractivity contribution < 1.29 is 0 Å². The van der Waals surface area contributed by atoms with E-state index in [0.717, 1.165) is 25.3 Å². The van der Waals surface area contributed by atoms with E-state index in [1.54, 1.807) is 0 Å². The van der Waals surface area contributed by atoms with Crippen molar-refractivity contribution in [2.45, 2.75) is 26.9 Å². The zero-order valence-corrected chi connectivity index (χ0v) is 10.3. The Morgan fingerprint density at radius 3 is 3.06 bits per heavy atom. The molecule has 0 bridgehead atoms. The van der Waals surface area contributed by atoms with Crippen LogP contribution in [0, 0.1) is 6.92 Å². The van der Waals surface area contributed by atoms with E-state index >= 15 is 0 Å². The summed E-state index contributed by atoms with van der Waals surface area (Å²) in [6, 6.07) is 4.05. The maximum Gasteiger partial charge on any atom is 0.0952 e. The smallest absolute Gasteiger partial charge is 0.0952 e. The lowest BCUT2D eigenvalue weighted by atomic mass is 10.2. The summed E-state index contributed by atoms with van der Waals surface area (Å²) >= 11 is 0. The first-order valence-electron chi connectivity index (χ1n) is 5.91. The summed E-state index contributed by atoms with van der Waals surface area (Å²) in [5.41, 5.74) is 3.51. The van der Waals surface area contributed by atoms with Gasteiger partial charge in [-0.2, -0.15) is 0 Å². The Morgan fingerprint density at radius 1 is 1.41 bits per heavy atom. The van der Waals surface area contributed by atoms with Gasteiger partial charge in [0, 0.05) is 18.9 Å². The molecule has 0 saturated heterocycles. The van der Waals surface area contributed by atoms with Gasteiger partial charge in [0.2, 0.25) is 0 Å². The minimum Gasteiger partial charge on any atom is -0.327 e. The molecule has 2 rings (SSSR count). The topological polar surface area (TPSA) is 42.7 Å². The zero-order valence-electron chi connectivity index (χ0n) is 10.3. The van der Waals surface area contributed by atoms with Gasteiger partial charge in [-0.1, -0.05) is 13.0 Å². The van der Waals surface area contributed by atoms with Crippen molar-refractivity contribution in [2.75, 3.05) is 6.54 Å². The second kappa shape index (κ2) is 5.59. The highest BCUT2D eigenvalue weighted by molar-refractivity contribution is 5.18. The Morgan fingerprint density at radius 2 is 2.29 bits per heavy atom. The Labute approximate surface area is 102 Å². The molecule has 2 aromatic heterocycles. The Bertz CT molecular complexity index is 476. The molecule has 0 radical (unpaired) electrons. The predicted octanol–water partition coefficient (Wildman–Crippen LogP) is 1.74. The van der Waals surface area contributed by atoms with Gasteiger partial charge in [0.05, 0.1) is 24.3 Å². The van der Waals surface area contributed by atoms with Crippen LogP contribution < -0.4 is 5.32 Å². The van der Waals surface area contributed by atoms with Crippen molar-refractivity contribution in [2.24, 2.45) is 0 Å². The maximum absolute atomic E-state index is 4.41. The van der Waals surface area contributed by atoms with E-state index in [9.17, 15) is 0 Å². The van der Waals surface area contributed by atoms with Crippen LogP contribution in [0.4, 0.5) is 0 Å². The molecule has 0 atom stereocenters. The summed E-state index contributed by atoms with van der Waals surface area (Å²) in [4.78, 5) is 8.60. The first kappa shape index (κ1) is 11.8. The number of aromatic nitrogens is 3. The Hall–Kier alpha value is -1.68. The second-order valence-corrected chi connectivity index (χ2v) is 4.06. The van der Waals surface area contributed by atoms with Crippen LogP contribution in [0.25, 0.3) is 0 Å². The third-order valence-electron chi connectivity index (χ3n) is 2.79. The molecule has 0 saturated carbocycles. The highest BCUT2D eigenvalue weighted by atomic mass is 15.1. The summed E-state index contributed by atoms with van der Waals surface area (Å²) in [5, 5.41) is 3.31. The lowest BCUT2D eigenvalue weighted by Crippen LogP contribution is -2.16. The van der Waals surface area contributed by atoms with Gasteiger partial charge in [0.15, 0.2) is 0 Å². The van der Waals surface area contributed by atoms with Gasteiger partial charge < -0.3 is 9.88 Å². The van der Waals surface area contributed by atoms with Crippen LogP contribution in [0.3, 0.4) is 0 Å². The number of nitrogens with one attached hydrogen (secondary N) is 1. The zero-order chi connectivity index (χ0) is 12.1. The molecule has 17 heavy (non-hydrogen) atoms. The van der Waals surface area contributed by atoms with Gasteiger partial charge >= 0.3 is 0 Å². The fourth-order valence-corrected chi connectivity index (χ4v) is 1.74. The summed E-state index contributed by atoms with van der Waals surface area (Å²) in [5.74, 6) is 0. The third-order valence-corrected chi connectivity index (χ3v) is 2.79. The average Bonchev–Trinajstić information content (AvgIpc) is 2.77. The van der Waals surface area contributed by atoms with Gasteiger partial charge in [-0.3, -0.25) is 4.98 Å². The molecular weight excluding hydrogens is 212 g/mol. The molecule has 2 heterocycles. The summed E-state index contributed by atoms with van der Waals surface area (Å²) in [6.07, 6.45) is 5.60. The van der Waals surface area contributed by atoms with E-state index in [-0.39, 0.29) is 0 Å². The largest absolute Gasteiger partial charge is 0.327 e. The Kier molecular flexibility index (Phi) is 3.88. The molecule has 0 spiro atoms. The molecule has 0 unspecified atom stereocenters. The van der Waals surface area contributed by atoms with E-state index in [4.69, 9.17) is 0 Å². The number of pyridine rings is 1. The van der Waals surface area contributed by atoms with Gasteiger partial charge in [0.1, 0.15) is 0 Å². The highest BCUT2D eigenvalue weighted by Gasteiger charge is 2.04. The molecule has 4 heteroatoms. The first-order valence-corrected chi connectivity index (χ1v) is 5.91. The molecular formula is C13H18N4. The molecule has 0 aromatic carbocycles. The summed E-state index contributed by atoms with van der Waals surface area (Å²) in [6.45, 7) is 6.79. The fraction of sp³-hybridized carbons (Fsp3) is 0.385. The van der Waals surface area contributed by atoms with E-state index < -0.39 is 0 Å². The van der Waals surface area contributed by atoms with Crippen molar-refractivity contribution in [3.63, 3.8) is 0 Å². The normalized spacial score (nSPS) is 10.7. The van der Waals surface area contributed by atoms with Crippen LogP contribution in [0.2, 0.25) is 0 Å². The lowest BCUT2D eigenvalue weighted by molar-refractivity contribution is 0.650. The molecule has 0 amide bonds. The lowest BCUT2D eigenvalue weighted by Gasteiger charge is -2.09. The predicted molar refractivity (Wildman–Crippen MR) is 67.7 cm³/mol. The van der Waals surface area contributed by atoms with E-state index in [1.807, 2.05) is 24.8 Å². The van der Waals surface area contributed by atoms with Gasteiger partial charge in [-0.15, -0.1) is 0 Å². The van der Waals surface area contributed by atoms with Crippen LogP contribution in [0.5, 0.6) is 0 Å². The molecule has 1 N–H and O–H groups in total. The van der Waals surface area contributed by atoms with Crippen LogP contribution in [-0.4, -0.2) is 21.1 Å². The van der Waals surface area contributed by atoms with Crippen molar-refractivity contribution in [3.8, 4) is 0 Å².